The largest absolute Gasteiger partial charge is 0.393 e. The molecule has 8 heteroatoms. The van der Waals surface area contributed by atoms with Crippen LogP contribution in [-0.4, -0.2) is 33.1 Å². The molecule has 2 unspecified atom stereocenters. The fraction of sp³-hybridized carbons (Fsp3) is 0.364. The van der Waals surface area contributed by atoms with E-state index in [1.165, 1.54) is 24.5 Å². The Bertz CT molecular complexity index is 533. The SMILES string of the molecule is CC(CS(C)=O)NC(=O)c1cccc(N)c1[N+](=O)[O-]. The van der Waals surface area contributed by atoms with Crippen LogP contribution in [0.3, 0.4) is 0 Å². The third-order valence-corrected chi connectivity index (χ3v) is 3.33. The Hall–Kier alpha value is -1.96. The minimum Gasteiger partial charge on any atom is -0.393 e. The number of nitrogens with zero attached hydrogens (tertiary/aromatic N) is 1. The summed E-state index contributed by atoms with van der Waals surface area (Å²) in [6, 6.07) is 3.82. The van der Waals surface area contributed by atoms with Crippen molar-refractivity contribution in [3.05, 3.63) is 33.9 Å². The Balaban J connectivity index is 2.97. The van der Waals surface area contributed by atoms with E-state index in [9.17, 15) is 19.1 Å². The van der Waals surface area contributed by atoms with Gasteiger partial charge in [0, 0.05) is 28.9 Å². The van der Waals surface area contributed by atoms with Crippen LogP contribution in [0.15, 0.2) is 18.2 Å². The molecule has 0 saturated heterocycles. The van der Waals surface area contributed by atoms with E-state index in [0.29, 0.717) is 0 Å². The van der Waals surface area contributed by atoms with Crippen LogP contribution in [-0.2, 0) is 10.8 Å². The van der Waals surface area contributed by atoms with Crippen molar-refractivity contribution >= 4 is 28.1 Å². The summed E-state index contributed by atoms with van der Waals surface area (Å²) < 4.78 is 11.0. The number of hydrogen-bond donors (Lipinski definition) is 2. The quantitative estimate of drug-likeness (QED) is 0.469. The molecule has 7 nitrogen and oxygen atoms in total. The summed E-state index contributed by atoms with van der Waals surface area (Å²) in [6.07, 6.45) is 1.52. The van der Waals surface area contributed by atoms with Crippen LogP contribution in [0.25, 0.3) is 0 Å². The average Bonchev–Trinajstić information content (AvgIpc) is 2.26. The number of para-hydroxylation sites is 1. The fourth-order valence-electron chi connectivity index (χ4n) is 1.64. The van der Waals surface area contributed by atoms with E-state index in [0.717, 1.165) is 0 Å². The topological polar surface area (TPSA) is 115 Å². The summed E-state index contributed by atoms with van der Waals surface area (Å²) in [4.78, 5) is 22.2. The maximum Gasteiger partial charge on any atom is 0.304 e. The third-order valence-electron chi connectivity index (χ3n) is 2.36. The molecule has 19 heavy (non-hydrogen) atoms. The first kappa shape index (κ1) is 15.1. The lowest BCUT2D eigenvalue weighted by molar-refractivity contribution is -0.384. The highest BCUT2D eigenvalue weighted by Crippen LogP contribution is 2.25. The summed E-state index contributed by atoms with van der Waals surface area (Å²) in [5.41, 5.74) is 4.93. The maximum absolute atomic E-state index is 11.9. The maximum atomic E-state index is 11.9. The lowest BCUT2D eigenvalue weighted by Crippen LogP contribution is -2.36. The predicted octanol–water partition coefficient (Wildman–Crippen LogP) is 0.674. The van der Waals surface area contributed by atoms with E-state index in [2.05, 4.69) is 5.32 Å². The number of hydrogen-bond acceptors (Lipinski definition) is 5. The molecule has 0 spiro atoms. The standard InChI is InChI=1S/C11H15N3O4S/c1-7(6-19(2)18)13-11(15)8-4-3-5-9(12)10(8)14(16)17/h3-5,7H,6,12H2,1-2H3,(H,13,15). The summed E-state index contributed by atoms with van der Waals surface area (Å²) in [5.74, 6) is -0.320. The van der Waals surface area contributed by atoms with Gasteiger partial charge in [0.15, 0.2) is 0 Å². The number of nitrogen functional groups attached to an aromatic ring is 1. The second kappa shape index (κ2) is 6.28. The Kier molecular flexibility index (Phi) is 4.99. The highest BCUT2D eigenvalue weighted by molar-refractivity contribution is 7.84. The number of nitro benzene ring substituents is 1. The van der Waals surface area contributed by atoms with E-state index in [-0.39, 0.29) is 23.0 Å². The van der Waals surface area contributed by atoms with E-state index in [1.54, 1.807) is 6.92 Å². The molecule has 0 aliphatic carbocycles. The lowest BCUT2D eigenvalue weighted by Gasteiger charge is -2.12. The molecule has 1 amide bonds. The molecule has 2 atom stereocenters. The molecule has 0 radical (unpaired) electrons. The number of carbonyl (C=O) groups is 1. The molecule has 1 rings (SSSR count). The highest BCUT2D eigenvalue weighted by Gasteiger charge is 2.23. The molecule has 1 aromatic carbocycles. The third kappa shape index (κ3) is 4.02. The first-order valence-corrected chi connectivity index (χ1v) is 7.19. The van der Waals surface area contributed by atoms with Crippen LogP contribution < -0.4 is 11.1 Å². The smallest absolute Gasteiger partial charge is 0.304 e. The summed E-state index contributed by atoms with van der Waals surface area (Å²) in [5, 5.41) is 13.5. The number of nitro groups is 1. The van der Waals surface area contributed by atoms with Gasteiger partial charge in [-0.05, 0) is 19.1 Å². The molecule has 1 aromatic rings. The van der Waals surface area contributed by atoms with Gasteiger partial charge in [0.2, 0.25) is 0 Å². The van der Waals surface area contributed by atoms with Gasteiger partial charge < -0.3 is 11.1 Å². The Labute approximate surface area is 112 Å². The first-order valence-electron chi connectivity index (χ1n) is 5.46. The van der Waals surface area contributed by atoms with Crippen molar-refractivity contribution in [1.82, 2.24) is 5.32 Å². The molecule has 0 heterocycles. The predicted molar refractivity (Wildman–Crippen MR) is 73.4 cm³/mol. The lowest BCUT2D eigenvalue weighted by atomic mass is 10.1. The summed E-state index contributed by atoms with van der Waals surface area (Å²) in [6.45, 7) is 1.68. The molecule has 104 valence electrons. The summed E-state index contributed by atoms with van der Waals surface area (Å²) in [7, 11) is -1.06. The zero-order valence-corrected chi connectivity index (χ0v) is 11.4. The van der Waals surface area contributed by atoms with Crippen molar-refractivity contribution in [3.8, 4) is 0 Å². The Morgan fingerprint density at radius 2 is 2.21 bits per heavy atom. The van der Waals surface area contributed by atoms with Crippen molar-refractivity contribution in [3.63, 3.8) is 0 Å². The van der Waals surface area contributed by atoms with Crippen LogP contribution in [0.5, 0.6) is 0 Å². The van der Waals surface area contributed by atoms with Crippen molar-refractivity contribution in [2.45, 2.75) is 13.0 Å². The number of amides is 1. The molecular weight excluding hydrogens is 270 g/mol. The van der Waals surface area contributed by atoms with Crippen LogP contribution in [0.4, 0.5) is 11.4 Å². The van der Waals surface area contributed by atoms with Gasteiger partial charge in [-0.3, -0.25) is 19.1 Å². The van der Waals surface area contributed by atoms with E-state index >= 15 is 0 Å². The first-order chi connectivity index (χ1) is 8.82. The van der Waals surface area contributed by atoms with Gasteiger partial charge in [-0.1, -0.05) is 6.07 Å². The van der Waals surface area contributed by atoms with Gasteiger partial charge >= 0.3 is 5.69 Å². The fourth-order valence-corrected chi connectivity index (χ4v) is 2.43. The Morgan fingerprint density at radius 3 is 2.74 bits per heavy atom. The monoisotopic (exact) mass is 285 g/mol. The number of carbonyl (C=O) groups excluding carboxylic acids is 1. The zero-order chi connectivity index (χ0) is 14.6. The van der Waals surface area contributed by atoms with Crippen LogP contribution >= 0.6 is 0 Å². The Morgan fingerprint density at radius 1 is 1.58 bits per heavy atom. The van der Waals surface area contributed by atoms with Gasteiger partial charge in [-0.25, -0.2) is 0 Å². The normalized spacial score (nSPS) is 13.6. The van der Waals surface area contributed by atoms with Crippen LogP contribution in [0.2, 0.25) is 0 Å². The second-order valence-corrected chi connectivity index (χ2v) is 5.59. The van der Waals surface area contributed by atoms with E-state index < -0.39 is 27.3 Å². The van der Waals surface area contributed by atoms with Crippen molar-refractivity contribution in [2.75, 3.05) is 17.7 Å². The number of rotatable bonds is 5. The summed E-state index contributed by atoms with van der Waals surface area (Å²) >= 11 is 0. The molecule has 0 aliphatic heterocycles. The average molecular weight is 285 g/mol. The van der Waals surface area contributed by atoms with Gasteiger partial charge in [-0.15, -0.1) is 0 Å². The number of benzene rings is 1. The molecule has 0 saturated carbocycles. The number of nitrogens with two attached hydrogens (primary N) is 1. The minimum atomic E-state index is -1.06. The molecule has 0 aromatic heterocycles. The molecule has 3 N–H and O–H groups in total. The van der Waals surface area contributed by atoms with Crippen molar-refractivity contribution < 1.29 is 13.9 Å². The van der Waals surface area contributed by atoms with Crippen molar-refractivity contribution in [2.24, 2.45) is 0 Å². The van der Waals surface area contributed by atoms with Gasteiger partial charge in [0.25, 0.3) is 5.91 Å². The van der Waals surface area contributed by atoms with Crippen molar-refractivity contribution in [1.29, 1.82) is 0 Å². The van der Waals surface area contributed by atoms with Gasteiger partial charge in [0.1, 0.15) is 11.3 Å². The molecular formula is C11H15N3O4S. The molecule has 0 aliphatic rings. The van der Waals surface area contributed by atoms with E-state index in [1.807, 2.05) is 0 Å². The van der Waals surface area contributed by atoms with Gasteiger partial charge in [0.05, 0.1) is 4.92 Å². The highest BCUT2D eigenvalue weighted by atomic mass is 32.2. The molecule has 0 bridgehead atoms. The number of nitrogens with one attached hydrogen (secondary N) is 1. The van der Waals surface area contributed by atoms with Gasteiger partial charge in [-0.2, -0.15) is 0 Å². The minimum absolute atomic E-state index is 0.0654. The second-order valence-electron chi connectivity index (χ2n) is 4.11. The molecule has 0 fully saturated rings. The zero-order valence-electron chi connectivity index (χ0n) is 10.6. The number of anilines is 1. The van der Waals surface area contributed by atoms with Crippen LogP contribution in [0, 0.1) is 10.1 Å². The van der Waals surface area contributed by atoms with Crippen LogP contribution in [0.1, 0.15) is 17.3 Å². The van der Waals surface area contributed by atoms with E-state index in [4.69, 9.17) is 5.73 Å².